The third-order valence-electron chi connectivity index (χ3n) is 6.68. The van der Waals surface area contributed by atoms with Gasteiger partial charge in [-0.15, -0.1) is 0 Å². The van der Waals surface area contributed by atoms with Crippen LogP contribution in [0.5, 0.6) is 0 Å². The summed E-state index contributed by atoms with van der Waals surface area (Å²) in [6, 6.07) is 9.78. The van der Waals surface area contributed by atoms with E-state index in [1.807, 2.05) is 18.2 Å². The summed E-state index contributed by atoms with van der Waals surface area (Å²) in [6.07, 6.45) is 6.97. The van der Waals surface area contributed by atoms with Crippen molar-refractivity contribution in [1.82, 2.24) is 25.1 Å². The number of carbonyl (C=O) groups is 1. The highest BCUT2D eigenvalue weighted by molar-refractivity contribution is 5.95. The Morgan fingerprint density at radius 2 is 1.95 bits per heavy atom. The molecule has 0 spiro atoms. The van der Waals surface area contributed by atoms with Gasteiger partial charge in [-0.05, 0) is 68.9 Å². The van der Waals surface area contributed by atoms with Crippen LogP contribution < -0.4 is 10.6 Å². The van der Waals surface area contributed by atoms with Gasteiger partial charge < -0.3 is 20.4 Å². The van der Waals surface area contributed by atoms with Crippen LogP contribution in [0.4, 0.5) is 14.6 Å². The number of benzene rings is 2. The molecule has 1 aromatic heterocycles. The summed E-state index contributed by atoms with van der Waals surface area (Å²) in [5.41, 5.74) is 3.36. The van der Waals surface area contributed by atoms with Crippen molar-refractivity contribution in [2.75, 3.05) is 38.5 Å². The van der Waals surface area contributed by atoms with E-state index in [0.717, 1.165) is 60.5 Å². The van der Waals surface area contributed by atoms with E-state index in [4.69, 9.17) is 4.98 Å². The van der Waals surface area contributed by atoms with Gasteiger partial charge in [-0.1, -0.05) is 17.9 Å². The zero-order chi connectivity index (χ0) is 27.2. The van der Waals surface area contributed by atoms with Crippen LogP contribution in [0.2, 0.25) is 0 Å². The second kappa shape index (κ2) is 12.0. The molecule has 8 nitrogen and oxygen atoms in total. The summed E-state index contributed by atoms with van der Waals surface area (Å²) in [4.78, 5) is 30.0. The van der Waals surface area contributed by atoms with Crippen LogP contribution in [0.15, 0.2) is 59.4 Å². The molecule has 0 bridgehead atoms. The summed E-state index contributed by atoms with van der Waals surface area (Å²) in [7, 11) is 2.14. The normalized spacial score (nSPS) is 16.0. The molecule has 2 aliphatic heterocycles. The maximum atomic E-state index is 13.5. The van der Waals surface area contributed by atoms with E-state index >= 15 is 0 Å². The minimum atomic E-state index is -0.906. The van der Waals surface area contributed by atoms with Crippen LogP contribution in [-0.2, 0) is 11.3 Å². The number of aromatic nitrogens is 2. The molecule has 0 radical (unpaired) electrons. The fraction of sp³-hybridized carbons (Fsp3) is 0.310. The van der Waals surface area contributed by atoms with Gasteiger partial charge in [0.25, 0.3) is 5.91 Å². The van der Waals surface area contributed by atoms with Gasteiger partial charge in [0.05, 0.1) is 42.2 Å². The number of amides is 1. The molecule has 1 saturated heterocycles. The number of nitrogens with one attached hydrogen (secondary N) is 2. The number of hydrogen-bond donors (Lipinski definition) is 2. The highest BCUT2D eigenvalue weighted by atomic mass is 19.2. The third kappa shape index (κ3) is 6.94. The first kappa shape index (κ1) is 26.3. The maximum Gasteiger partial charge on any atom is 0.251 e. The first-order valence-corrected chi connectivity index (χ1v) is 12.8. The Bertz CT molecular complexity index is 1490. The van der Waals surface area contributed by atoms with Crippen LogP contribution in [0.25, 0.3) is 11.0 Å². The smallest absolute Gasteiger partial charge is 0.251 e. The van der Waals surface area contributed by atoms with Crippen LogP contribution in [0.1, 0.15) is 24.0 Å². The van der Waals surface area contributed by atoms with Crippen LogP contribution >= 0.6 is 0 Å². The predicted octanol–water partition coefficient (Wildman–Crippen LogP) is 3.31. The fourth-order valence-electron chi connectivity index (χ4n) is 4.52. The molecule has 3 heterocycles. The number of nitrogens with zero attached hydrogens (tertiary/aromatic N) is 5. The lowest BCUT2D eigenvalue weighted by Crippen LogP contribution is -2.36. The van der Waals surface area contributed by atoms with Crippen LogP contribution in [-0.4, -0.2) is 71.3 Å². The van der Waals surface area contributed by atoms with Gasteiger partial charge in [-0.25, -0.2) is 18.8 Å². The molecule has 0 saturated carbocycles. The number of fused-ring (bicyclic) bond motifs is 1. The summed E-state index contributed by atoms with van der Waals surface area (Å²) in [5.74, 6) is 4.72. The minimum absolute atomic E-state index is 0.157. The van der Waals surface area contributed by atoms with Crippen LogP contribution in [0.3, 0.4) is 0 Å². The molecule has 5 rings (SSSR count). The Morgan fingerprint density at radius 1 is 1.10 bits per heavy atom. The Morgan fingerprint density at radius 3 is 2.77 bits per heavy atom. The molecular formula is C29H29F2N7O. The van der Waals surface area contributed by atoms with E-state index < -0.39 is 11.6 Å². The van der Waals surface area contributed by atoms with Crippen molar-refractivity contribution in [2.45, 2.75) is 25.4 Å². The average molecular weight is 530 g/mol. The van der Waals surface area contributed by atoms with Gasteiger partial charge in [0, 0.05) is 24.4 Å². The molecular weight excluding hydrogens is 500 g/mol. The number of halogens is 2. The molecule has 10 heteroatoms. The molecule has 0 aliphatic carbocycles. The lowest BCUT2D eigenvalue weighted by Gasteiger charge is -2.29. The Balaban J connectivity index is 1.14. The van der Waals surface area contributed by atoms with E-state index in [0.29, 0.717) is 30.3 Å². The van der Waals surface area contributed by atoms with Crippen molar-refractivity contribution in [3.05, 3.63) is 77.1 Å². The molecule has 1 fully saturated rings. The molecule has 2 N–H and O–H groups in total. The molecule has 1 amide bonds. The first-order chi connectivity index (χ1) is 18.9. The highest BCUT2D eigenvalue weighted by Crippen LogP contribution is 2.18. The molecule has 200 valence electrons. The Labute approximate surface area is 225 Å². The fourth-order valence-corrected chi connectivity index (χ4v) is 4.52. The summed E-state index contributed by atoms with van der Waals surface area (Å²) >= 11 is 0. The zero-order valence-corrected chi connectivity index (χ0v) is 21.6. The van der Waals surface area contributed by atoms with Crippen molar-refractivity contribution in [3.63, 3.8) is 0 Å². The van der Waals surface area contributed by atoms with Crippen molar-refractivity contribution in [2.24, 2.45) is 4.99 Å². The summed E-state index contributed by atoms with van der Waals surface area (Å²) < 4.78 is 26.7. The number of likely N-dealkylation sites (tertiary alicyclic amines) is 1. The van der Waals surface area contributed by atoms with Crippen molar-refractivity contribution in [3.8, 4) is 11.8 Å². The van der Waals surface area contributed by atoms with Gasteiger partial charge >= 0.3 is 0 Å². The lowest BCUT2D eigenvalue weighted by atomic mass is 10.1. The predicted molar refractivity (Wildman–Crippen MR) is 147 cm³/mol. The van der Waals surface area contributed by atoms with E-state index in [-0.39, 0.29) is 12.5 Å². The molecule has 39 heavy (non-hydrogen) atoms. The number of hydrogen-bond acceptors (Lipinski definition) is 7. The number of aliphatic imine (C=N–C) groups is 1. The van der Waals surface area contributed by atoms with Gasteiger partial charge in [0.2, 0.25) is 0 Å². The minimum Gasteiger partial charge on any atom is -0.366 e. The van der Waals surface area contributed by atoms with E-state index in [1.54, 1.807) is 17.4 Å². The van der Waals surface area contributed by atoms with Gasteiger partial charge in [-0.2, -0.15) is 0 Å². The topological polar surface area (TPSA) is 85.8 Å². The molecule has 0 unspecified atom stereocenters. The van der Waals surface area contributed by atoms with E-state index in [1.165, 1.54) is 12.3 Å². The van der Waals surface area contributed by atoms with Crippen molar-refractivity contribution in [1.29, 1.82) is 0 Å². The van der Waals surface area contributed by atoms with E-state index in [2.05, 4.69) is 44.4 Å². The first-order valence-electron chi connectivity index (χ1n) is 12.8. The van der Waals surface area contributed by atoms with Crippen molar-refractivity contribution < 1.29 is 13.6 Å². The number of anilines is 1. The summed E-state index contributed by atoms with van der Waals surface area (Å²) in [5, 5.41) is 6.28. The molecule has 2 aromatic carbocycles. The summed E-state index contributed by atoms with van der Waals surface area (Å²) in [6.45, 7) is 2.87. The number of piperidine rings is 1. The largest absolute Gasteiger partial charge is 0.366 e. The van der Waals surface area contributed by atoms with Gasteiger partial charge in [0.15, 0.2) is 11.6 Å². The molecule has 0 atom stereocenters. The van der Waals surface area contributed by atoms with Gasteiger partial charge in [-0.3, -0.25) is 9.78 Å². The highest BCUT2D eigenvalue weighted by Gasteiger charge is 2.17. The van der Waals surface area contributed by atoms with Crippen LogP contribution in [0, 0.1) is 23.5 Å². The zero-order valence-electron chi connectivity index (χ0n) is 21.6. The SMILES string of the molecule is CN1CCC(Nc2cnc3ccc(C#CCNC(=O)C4=CN=CN(Cc5ccc(F)c(F)c5)C4)cc3n2)CC1. The lowest BCUT2D eigenvalue weighted by molar-refractivity contribution is -0.117. The average Bonchev–Trinajstić information content (AvgIpc) is 2.94. The number of carbonyl (C=O) groups excluding carboxylic acids is 1. The Kier molecular flexibility index (Phi) is 8.08. The monoisotopic (exact) mass is 529 g/mol. The second-order valence-electron chi connectivity index (χ2n) is 9.74. The maximum absolute atomic E-state index is 13.5. The van der Waals surface area contributed by atoms with E-state index in [9.17, 15) is 13.6 Å². The van der Waals surface area contributed by atoms with Gasteiger partial charge in [0.1, 0.15) is 5.82 Å². The Hall–Kier alpha value is -4.36. The standard InChI is InChI=1S/C29H29F2N7O/c1-37-11-8-23(9-12-37)35-28-16-34-26-7-5-20(14-27(26)36-28)3-2-10-33-29(39)22-15-32-19-38(18-22)17-21-4-6-24(30)25(31)13-21/h4-7,13-16,19,23H,8-12,17-18H2,1H3,(H,33,39)(H,35,36). The number of rotatable bonds is 6. The third-order valence-corrected chi connectivity index (χ3v) is 6.68. The molecule has 2 aliphatic rings. The molecule has 3 aromatic rings. The van der Waals surface area contributed by atoms with Crippen molar-refractivity contribution >= 4 is 29.1 Å². The quantitative estimate of drug-likeness (QED) is 0.477. The second-order valence-corrected chi connectivity index (χ2v) is 9.74.